The number of hydrogen-bond acceptors (Lipinski definition) is 2. The average molecular weight is 375 g/mol. The number of unbranched alkanes of at least 4 members (excludes halogenated alkanes) is 1. The van der Waals surface area contributed by atoms with Gasteiger partial charge < -0.3 is 10.1 Å². The normalized spacial score (nSPS) is 10.2. The first-order valence-electron chi connectivity index (χ1n) is 7.55. The van der Waals surface area contributed by atoms with Gasteiger partial charge >= 0.3 is 0 Å². The number of rotatable bonds is 8. The summed E-state index contributed by atoms with van der Waals surface area (Å²) in [6.45, 7) is 4.46. The van der Waals surface area contributed by atoms with E-state index in [2.05, 4.69) is 12.2 Å². The molecule has 0 heterocycles. The van der Waals surface area contributed by atoms with Crippen molar-refractivity contribution in [1.82, 2.24) is 5.32 Å². The summed E-state index contributed by atoms with van der Waals surface area (Å²) in [6.07, 6.45) is 2.35. The lowest BCUT2D eigenvalue weighted by molar-refractivity contribution is 0.302. The van der Waals surface area contributed by atoms with Crippen LogP contribution >= 0.6 is 35.6 Å². The standard InChI is InChI=1S/C18H21Cl2NO.ClH/c1-2-3-10-21-12-15-11-17(20)8-9-18(15)22-13-14-4-6-16(19)7-5-14;/h4-9,11,21H,2-3,10,12-13H2,1H3;1H. The molecule has 23 heavy (non-hydrogen) atoms. The van der Waals surface area contributed by atoms with Crippen LogP contribution in [0.15, 0.2) is 42.5 Å². The van der Waals surface area contributed by atoms with Crippen LogP contribution in [0.2, 0.25) is 10.0 Å². The number of ether oxygens (including phenoxy) is 1. The highest BCUT2D eigenvalue weighted by Crippen LogP contribution is 2.24. The van der Waals surface area contributed by atoms with Crippen LogP contribution < -0.4 is 10.1 Å². The summed E-state index contributed by atoms with van der Waals surface area (Å²) in [6, 6.07) is 13.4. The zero-order chi connectivity index (χ0) is 15.8. The summed E-state index contributed by atoms with van der Waals surface area (Å²) in [5.41, 5.74) is 2.17. The second-order valence-corrected chi connectivity index (χ2v) is 6.07. The molecule has 2 rings (SSSR count). The average Bonchev–Trinajstić information content (AvgIpc) is 2.52. The van der Waals surface area contributed by atoms with E-state index in [1.807, 2.05) is 42.5 Å². The molecule has 5 heteroatoms. The van der Waals surface area contributed by atoms with Crippen molar-refractivity contribution < 1.29 is 4.74 Å². The molecular formula is C18H22Cl3NO. The van der Waals surface area contributed by atoms with E-state index >= 15 is 0 Å². The molecule has 126 valence electrons. The van der Waals surface area contributed by atoms with Gasteiger partial charge in [0.25, 0.3) is 0 Å². The molecule has 0 aliphatic rings. The molecule has 0 aliphatic heterocycles. The molecule has 2 nitrogen and oxygen atoms in total. The fraction of sp³-hybridized carbons (Fsp3) is 0.333. The van der Waals surface area contributed by atoms with Crippen LogP contribution in [0.25, 0.3) is 0 Å². The molecule has 0 spiro atoms. The molecular weight excluding hydrogens is 353 g/mol. The number of hydrogen-bond donors (Lipinski definition) is 1. The van der Waals surface area contributed by atoms with E-state index in [-0.39, 0.29) is 12.4 Å². The maximum atomic E-state index is 6.09. The highest BCUT2D eigenvalue weighted by molar-refractivity contribution is 6.30. The van der Waals surface area contributed by atoms with Gasteiger partial charge in [0, 0.05) is 22.2 Å². The molecule has 2 aromatic carbocycles. The lowest BCUT2D eigenvalue weighted by atomic mass is 10.2. The Morgan fingerprint density at radius 3 is 2.39 bits per heavy atom. The summed E-state index contributed by atoms with van der Waals surface area (Å²) >= 11 is 12.0. The van der Waals surface area contributed by atoms with Crippen LogP contribution in [0.1, 0.15) is 30.9 Å². The van der Waals surface area contributed by atoms with Crippen molar-refractivity contribution in [2.45, 2.75) is 32.9 Å². The first-order valence-corrected chi connectivity index (χ1v) is 8.31. The molecule has 0 amide bonds. The Bertz CT molecular complexity index is 587. The van der Waals surface area contributed by atoms with Crippen molar-refractivity contribution >= 4 is 35.6 Å². The van der Waals surface area contributed by atoms with Crippen LogP contribution in [0.5, 0.6) is 5.75 Å². The number of benzene rings is 2. The number of halogens is 3. The number of nitrogens with one attached hydrogen (secondary N) is 1. The topological polar surface area (TPSA) is 21.3 Å². The third-order valence-corrected chi connectivity index (χ3v) is 3.84. The van der Waals surface area contributed by atoms with Crippen LogP contribution in [0.4, 0.5) is 0 Å². The largest absolute Gasteiger partial charge is 0.489 e. The second kappa shape index (κ2) is 10.8. The Labute approximate surface area is 154 Å². The fourth-order valence-electron chi connectivity index (χ4n) is 2.09. The molecule has 0 radical (unpaired) electrons. The molecule has 0 unspecified atom stereocenters. The van der Waals surface area contributed by atoms with Crippen molar-refractivity contribution in [3.63, 3.8) is 0 Å². The minimum absolute atomic E-state index is 0. The van der Waals surface area contributed by atoms with Crippen LogP contribution in [-0.4, -0.2) is 6.54 Å². The van der Waals surface area contributed by atoms with Gasteiger partial charge in [0.1, 0.15) is 12.4 Å². The third-order valence-electron chi connectivity index (χ3n) is 3.35. The first-order chi connectivity index (χ1) is 10.7. The summed E-state index contributed by atoms with van der Waals surface area (Å²) in [4.78, 5) is 0. The van der Waals surface area contributed by atoms with Gasteiger partial charge in [-0.3, -0.25) is 0 Å². The van der Waals surface area contributed by atoms with E-state index in [1.54, 1.807) is 0 Å². The molecule has 0 saturated carbocycles. The Hall–Kier alpha value is -0.930. The molecule has 0 bridgehead atoms. The molecule has 0 saturated heterocycles. The van der Waals surface area contributed by atoms with Crippen LogP contribution in [0.3, 0.4) is 0 Å². The molecule has 0 aliphatic carbocycles. The van der Waals surface area contributed by atoms with Gasteiger partial charge in [-0.05, 0) is 48.9 Å². The van der Waals surface area contributed by atoms with Crippen molar-refractivity contribution in [2.24, 2.45) is 0 Å². The van der Waals surface area contributed by atoms with Gasteiger partial charge in [0.15, 0.2) is 0 Å². The van der Waals surface area contributed by atoms with E-state index < -0.39 is 0 Å². The van der Waals surface area contributed by atoms with E-state index in [0.717, 1.165) is 40.0 Å². The van der Waals surface area contributed by atoms with E-state index in [0.29, 0.717) is 6.61 Å². The van der Waals surface area contributed by atoms with Crippen molar-refractivity contribution in [1.29, 1.82) is 0 Å². The van der Waals surface area contributed by atoms with Gasteiger partial charge in [-0.25, -0.2) is 0 Å². The van der Waals surface area contributed by atoms with Gasteiger partial charge in [-0.2, -0.15) is 0 Å². The maximum absolute atomic E-state index is 6.09. The summed E-state index contributed by atoms with van der Waals surface area (Å²) in [7, 11) is 0. The highest BCUT2D eigenvalue weighted by atomic mass is 35.5. The smallest absolute Gasteiger partial charge is 0.124 e. The molecule has 0 atom stereocenters. The predicted molar refractivity (Wildman–Crippen MR) is 101 cm³/mol. The predicted octanol–water partition coefficient (Wildman–Crippen LogP) is 5.88. The fourth-order valence-corrected chi connectivity index (χ4v) is 2.41. The Morgan fingerprint density at radius 1 is 1.00 bits per heavy atom. The van der Waals surface area contributed by atoms with Gasteiger partial charge in [0.05, 0.1) is 0 Å². The lowest BCUT2D eigenvalue weighted by Gasteiger charge is -2.13. The highest BCUT2D eigenvalue weighted by Gasteiger charge is 2.05. The summed E-state index contributed by atoms with van der Waals surface area (Å²) < 4.78 is 5.93. The lowest BCUT2D eigenvalue weighted by Crippen LogP contribution is -2.15. The zero-order valence-electron chi connectivity index (χ0n) is 13.1. The summed E-state index contributed by atoms with van der Waals surface area (Å²) in [5.74, 6) is 0.864. The Morgan fingerprint density at radius 2 is 1.70 bits per heavy atom. The van der Waals surface area contributed by atoms with E-state index in [1.165, 1.54) is 12.8 Å². The van der Waals surface area contributed by atoms with Crippen molar-refractivity contribution in [2.75, 3.05) is 6.54 Å². The minimum atomic E-state index is 0. The minimum Gasteiger partial charge on any atom is -0.489 e. The summed E-state index contributed by atoms with van der Waals surface area (Å²) in [5, 5.41) is 4.88. The SMILES string of the molecule is CCCCNCc1cc(Cl)ccc1OCc1ccc(Cl)cc1.Cl. The second-order valence-electron chi connectivity index (χ2n) is 5.20. The first kappa shape index (κ1) is 20.1. The Balaban J connectivity index is 0.00000264. The van der Waals surface area contributed by atoms with Gasteiger partial charge in [-0.15, -0.1) is 12.4 Å². The molecule has 2 aromatic rings. The van der Waals surface area contributed by atoms with E-state index in [4.69, 9.17) is 27.9 Å². The van der Waals surface area contributed by atoms with Crippen molar-refractivity contribution in [3.8, 4) is 5.75 Å². The monoisotopic (exact) mass is 373 g/mol. The molecule has 0 fully saturated rings. The molecule has 1 N–H and O–H groups in total. The van der Waals surface area contributed by atoms with Gasteiger partial charge in [-0.1, -0.05) is 48.7 Å². The van der Waals surface area contributed by atoms with E-state index in [9.17, 15) is 0 Å². The molecule has 0 aromatic heterocycles. The zero-order valence-corrected chi connectivity index (χ0v) is 15.5. The van der Waals surface area contributed by atoms with Crippen LogP contribution in [-0.2, 0) is 13.2 Å². The quantitative estimate of drug-likeness (QED) is 0.582. The third kappa shape index (κ3) is 7.01. The van der Waals surface area contributed by atoms with Crippen LogP contribution in [0, 0.1) is 0 Å². The van der Waals surface area contributed by atoms with Crippen molar-refractivity contribution in [3.05, 3.63) is 63.6 Å². The maximum Gasteiger partial charge on any atom is 0.124 e. The van der Waals surface area contributed by atoms with Gasteiger partial charge in [0.2, 0.25) is 0 Å². The Kier molecular flexibility index (Phi) is 9.42.